The van der Waals surface area contributed by atoms with Crippen LogP contribution in [0.3, 0.4) is 0 Å². The first kappa shape index (κ1) is 16.3. The first-order chi connectivity index (χ1) is 11.6. The molecule has 5 nitrogen and oxygen atoms in total. The highest BCUT2D eigenvalue weighted by Gasteiger charge is 2.22. The Morgan fingerprint density at radius 3 is 2.88 bits per heavy atom. The van der Waals surface area contributed by atoms with Gasteiger partial charge in [0.25, 0.3) is 0 Å². The third-order valence-electron chi connectivity index (χ3n) is 4.38. The Kier molecular flexibility index (Phi) is 4.99. The maximum atomic E-state index is 11.3. The van der Waals surface area contributed by atoms with E-state index in [1.165, 1.54) is 5.56 Å². The largest absolute Gasteiger partial charge is 0.493 e. The molecular formula is C19H23N3O2. The quantitative estimate of drug-likeness (QED) is 0.918. The van der Waals surface area contributed by atoms with Gasteiger partial charge < -0.3 is 15.4 Å². The lowest BCUT2D eigenvalue weighted by molar-refractivity contribution is 0.1000. The smallest absolute Gasteiger partial charge is 0.248 e. The maximum Gasteiger partial charge on any atom is 0.248 e. The van der Waals surface area contributed by atoms with E-state index in [9.17, 15) is 4.79 Å². The molecule has 0 saturated carbocycles. The summed E-state index contributed by atoms with van der Waals surface area (Å²) in [5.41, 5.74) is 7.08. The van der Waals surface area contributed by atoms with Crippen molar-refractivity contribution < 1.29 is 9.53 Å². The van der Waals surface area contributed by atoms with Crippen molar-refractivity contribution in [3.63, 3.8) is 0 Å². The molecule has 1 aliphatic heterocycles. The molecule has 1 aliphatic rings. The molecule has 0 bridgehead atoms. The molecule has 3 rings (SSSR count). The monoisotopic (exact) mass is 325 g/mol. The predicted octanol–water partition coefficient (Wildman–Crippen LogP) is 2.78. The van der Waals surface area contributed by atoms with Crippen molar-refractivity contribution in [2.24, 2.45) is 11.7 Å². The molecule has 2 heterocycles. The van der Waals surface area contributed by atoms with Crippen molar-refractivity contribution in [1.82, 2.24) is 4.98 Å². The summed E-state index contributed by atoms with van der Waals surface area (Å²) in [6.07, 6.45) is 3.87. The number of benzene rings is 1. The van der Waals surface area contributed by atoms with E-state index in [1.54, 1.807) is 18.3 Å². The molecule has 0 unspecified atom stereocenters. The Morgan fingerprint density at radius 1 is 1.33 bits per heavy atom. The van der Waals surface area contributed by atoms with Crippen LogP contribution in [0.5, 0.6) is 5.75 Å². The molecule has 1 aromatic carbocycles. The van der Waals surface area contributed by atoms with Crippen LogP contribution in [0.15, 0.2) is 42.6 Å². The SMILES string of the molecule is Cc1ccc(OC[C@@H]2CCCN(c3cc(C(N)=O)ccn3)C2)cc1. The number of ether oxygens (including phenoxy) is 1. The molecule has 1 fully saturated rings. The van der Waals surface area contributed by atoms with Gasteiger partial charge >= 0.3 is 0 Å². The van der Waals surface area contributed by atoms with Crippen LogP contribution >= 0.6 is 0 Å². The molecule has 0 aliphatic carbocycles. The zero-order chi connectivity index (χ0) is 16.9. The van der Waals surface area contributed by atoms with Crippen molar-refractivity contribution in [2.45, 2.75) is 19.8 Å². The van der Waals surface area contributed by atoms with Crippen molar-refractivity contribution in [1.29, 1.82) is 0 Å². The molecule has 1 amide bonds. The summed E-state index contributed by atoms with van der Waals surface area (Å²) in [6.45, 7) is 4.57. The Hall–Kier alpha value is -2.56. The Bertz CT molecular complexity index is 700. The molecule has 1 atom stereocenters. The fourth-order valence-corrected chi connectivity index (χ4v) is 3.00. The number of hydrogen-bond donors (Lipinski definition) is 1. The average Bonchev–Trinajstić information content (AvgIpc) is 2.61. The lowest BCUT2D eigenvalue weighted by atomic mass is 9.99. The molecule has 2 N–H and O–H groups in total. The number of aryl methyl sites for hydroxylation is 1. The van der Waals surface area contributed by atoms with Gasteiger partial charge in [-0.1, -0.05) is 17.7 Å². The lowest BCUT2D eigenvalue weighted by Gasteiger charge is -2.33. The van der Waals surface area contributed by atoms with Gasteiger partial charge in [-0.25, -0.2) is 4.98 Å². The van der Waals surface area contributed by atoms with E-state index in [2.05, 4.69) is 28.9 Å². The van der Waals surface area contributed by atoms with Gasteiger partial charge in [-0.3, -0.25) is 4.79 Å². The van der Waals surface area contributed by atoms with Crippen LogP contribution in [0.25, 0.3) is 0 Å². The number of carbonyl (C=O) groups excluding carboxylic acids is 1. The fourth-order valence-electron chi connectivity index (χ4n) is 3.00. The maximum absolute atomic E-state index is 11.3. The highest BCUT2D eigenvalue weighted by Crippen LogP contribution is 2.23. The van der Waals surface area contributed by atoms with Gasteiger partial charge in [-0.15, -0.1) is 0 Å². The van der Waals surface area contributed by atoms with Crippen LogP contribution in [0, 0.1) is 12.8 Å². The van der Waals surface area contributed by atoms with Crippen LogP contribution in [-0.2, 0) is 0 Å². The van der Waals surface area contributed by atoms with Crippen molar-refractivity contribution >= 4 is 11.7 Å². The van der Waals surface area contributed by atoms with E-state index >= 15 is 0 Å². The number of nitrogens with zero attached hydrogens (tertiary/aromatic N) is 2. The highest BCUT2D eigenvalue weighted by atomic mass is 16.5. The standard InChI is InChI=1S/C19H23N3O2/c1-14-4-6-17(7-5-14)24-13-15-3-2-10-22(12-15)18-11-16(19(20)23)8-9-21-18/h4-9,11,15H,2-3,10,12-13H2,1H3,(H2,20,23)/t15-/m1/s1. The molecule has 24 heavy (non-hydrogen) atoms. The van der Waals surface area contributed by atoms with Crippen LogP contribution in [0.4, 0.5) is 5.82 Å². The molecule has 5 heteroatoms. The minimum absolute atomic E-state index is 0.421. The number of primary amides is 1. The predicted molar refractivity (Wildman–Crippen MR) is 94.4 cm³/mol. The fraction of sp³-hybridized carbons (Fsp3) is 0.368. The average molecular weight is 325 g/mol. The summed E-state index contributed by atoms with van der Waals surface area (Å²) in [7, 11) is 0. The summed E-state index contributed by atoms with van der Waals surface area (Å²) in [5.74, 6) is 1.74. The lowest BCUT2D eigenvalue weighted by Crippen LogP contribution is -2.38. The molecule has 2 aromatic rings. The number of rotatable bonds is 5. The zero-order valence-corrected chi connectivity index (χ0v) is 13.9. The summed E-state index contributed by atoms with van der Waals surface area (Å²) < 4.78 is 5.93. The Labute approximate surface area is 142 Å². The highest BCUT2D eigenvalue weighted by molar-refractivity contribution is 5.93. The van der Waals surface area contributed by atoms with Crippen molar-refractivity contribution in [3.05, 3.63) is 53.7 Å². The van der Waals surface area contributed by atoms with Crippen LogP contribution in [0.1, 0.15) is 28.8 Å². The summed E-state index contributed by atoms with van der Waals surface area (Å²) in [6, 6.07) is 11.5. The normalized spacial score (nSPS) is 17.5. The van der Waals surface area contributed by atoms with Gasteiger partial charge in [0, 0.05) is 30.8 Å². The van der Waals surface area contributed by atoms with Crippen LogP contribution in [-0.4, -0.2) is 30.6 Å². The van der Waals surface area contributed by atoms with Crippen LogP contribution in [0.2, 0.25) is 0 Å². The van der Waals surface area contributed by atoms with E-state index < -0.39 is 5.91 Å². The number of carbonyl (C=O) groups is 1. The molecule has 1 aromatic heterocycles. The van der Waals surface area contributed by atoms with Gasteiger partial charge in [0.2, 0.25) is 5.91 Å². The second-order valence-electron chi connectivity index (χ2n) is 6.35. The summed E-state index contributed by atoms with van der Waals surface area (Å²) >= 11 is 0. The Balaban J connectivity index is 1.60. The van der Waals surface area contributed by atoms with Crippen molar-refractivity contribution in [3.8, 4) is 5.75 Å². The van der Waals surface area contributed by atoms with Gasteiger partial charge in [0.1, 0.15) is 11.6 Å². The second kappa shape index (κ2) is 7.34. The number of anilines is 1. The second-order valence-corrected chi connectivity index (χ2v) is 6.35. The molecule has 0 radical (unpaired) electrons. The van der Waals surface area contributed by atoms with Gasteiger partial charge in [0.05, 0.1) is 6.61 Å². The number of aromatic nitrogens is 1. The van der Waals surface area contributed by atoms with E-state index in [1.807, 2.05) is 12.1 Å². The first-order valence-electron chi connectivity index (χ1n) is 8.32. The Morgan fingerprint density at radius 2 is 2.12 bits per heavy atom. The first-order valence-corrected chi connectivity index (χ1v) is 8.32. The topological polar surface area (TPSA) is 68.5 Å². The van der Waals surface area contributed by atoms with Gasteiger partial charge in [-0.2, -0.15) is 0 Å². The molecular weight excluding hydrogens is 302 g/mol. The number of piperidine rings is 1. The molecule has 1 saturated heterocycles. The van der Waals surface area contributed by atoms with E-state index in [4.69, 9.17) is 10.5 Å². The molecule has 126 valence electrons. The summed E-state index contributed by atoms with van der Waals surface area (Å²) in [4.78, 5) is 17.9. The van der Waals surface area contributed by atoms with E-state index in [0.29, 0.717) is 18.1 Å². The minimum Gasteiger partial charge on any atom is -0.493 e. The van der Waals surface area contributed by atoms with Gasteiger partial charge in [0.15, 0.2) is 0 Å². The number of amides is 1. The van der Waals surface area contributed by atoms with E-state index in [0.717, 1.165) is 37.5 Å². The van der Waals surface area contributed by atoms with Gasteiger partial charge in [-0.05, 0) is 44.0 Å². The zero-order valence-electron chi connectivity index (χ0n) is 13.9. The van der Waals surface area contributed by atoms with Crippen LogP contribution < -0.4 is 15.4 Å². The summed E-state index contributed by atoms with van der Waals surface area (Å²) in [5, 5.41) is 0. The third-order valence-corrected chi connectivity index (χ3v) is 4.38. The number of nitrogens with two attached hydrogens (primary N) is 1. The number of pyridine rings is 1. The number of hydrogen-bond acceptors (Lipinski definition) is 4. The third kappa shape index (κ3) is 4.04. The molecule has 0 spiro atoms. The van der Waals surface area contributed by atoms with Crippen molar-refractivity contribution in [2.75, 3.05) is 24.6 Å². The minimum atomic E-state index is -0.421. The van der Waals surface area contributed by atoms with E-state index in [-0.39, 0.29) is 0 Å².